The van der Waals surface area contributed by atoms with Crippen molar-refractivity contribution < 1.29 is 17.9 Å². The van der Waals surface area contributed by atoms with Crippen LogP contribution in [-0.2, 0) is 26.1 Å². The van der Waals surface area contributed by atoms with E-state index in [4.69, 9.17) is 4.74 Å². The number of hydrogen-bond donors (Lipinski definition) is 2. The van der Waals surface area contributed by atoms with Gasteiger partial charge in [-0.25, -0.2) is 13.4 Å². The van der Waals surface area contributed by atoms with E-state index in [1.165, 1.54) is 0 Å². The molecule has 10 nitrogen and oxygen atoms in total. The van der Waals surface area contributed by atoms with Gasteiger partial charge in [0.15, 0.2) is 0 Å². The molecule has 1 aromatic rings. The highest BCUT2D eigenvalue weighted by atomic mass is 32.2. The Balaban J connectivity index is 1.81. The number of carbonyl (C=O) groups is 1. The maximum Gasteiger partial charge on any atom is 0.246 e. The maximum absolute atomic E-state index is 13.6. The molecule has 2 atom stereocenters. The monoisotopic (exact) mass is 518 g/mol. The lowest BCUT2D eigenvalue weighted by Crippen LogP contribution is -2.54. The first-order valence-electron chi connectivity index (χ1n) is 12.3. The summed E-state index contributed by atoms with van der Waals surface area (Å²) in [7, 11) is -3.62. The normalized spacial score (nSPS) is 22.6. The van der Waals surface area contributed by atoms with E-state index in [0.717, 1.165) is 11.8 Å². The van der Waals surface area contributed by atoms with Gasteiger partial charge in [-0.2, -0.15) is 5.26 Å². The van der Waals surface area contributed by atoms with Crippen LogP contribution in [0.1, 0.15) is 39.2 Å². The molecule has 2 aliphatic heterocycles. The van der Waals surface area contributed by atoms with Gasteiger partial charge in [-0.3, -0.25) is 14.4 Å². The minimum atomic E-state index is -3.62. The van der Waals surface area contributed by atoms with E-state index >= 15 is 0 Å². The average Bonchev–Trinajstić information content (AvgIpc) is 3.20. The Hall–Kier alpha value is -2.68. The van der Waals surface area contributed by atoms with Gasteiger partial charge in [-0.05, 0) is 23.8 Å². The van der Waals surface area contributed by atoms with Crippen LogP contribution in [-0.4, -0.2) is 87.3 Å². The number of morpholine rings is 1. The van der Waals surface area contributed by atoms with Crippen molar-refractivity contribution in [1.29, 1.82) is 5.26 Å². The third kappa shape index (κ3) is 8.47. The summed E-state index contributed by atoms with van der Waals surface area (Å²) in [4.78, 5) is 22.1. The Kier molecular flexibility index (Phi) is 8.98. The van der Waals surface area contributed by atoms with Crippen molar-refractivity contribution in [3.05, 3.63) is 35.9 Å². The first-order valence-corrected chi connectivity index (χ1v) is 14.2. The van der Waals surface area contributed by atoms with Gasteiger partial charge in [0, 0.05) is 32.7 Å². The van der Waals surface area contributed by atoms with E-state index < -0.39 is 21.6 Å². The highest BCUT2D eigenvalue weighted by Crippen LogP contribution is 2.26. The Morgan fingerprint density at radius 3 is 2.47 bits per heavy atom. The van der Waals surface area contributed by atoms with Gasteiger partial charge in [0.25, 0.3) is 0 Å². The number of benzene rings is 1. The van der Waals surface area contributed by atoms with Crippen LogP contribution in [0.5, 0.6) is 0 Å². The summed E-state index contributed by atoms with van der Waals surface area (Å²) in [5.74, 6) is -0.248. The van der Waals surface area contributed by atoms with Crippen molar-refractivity contribution in [3.63, 3.8) is 0 Å². The van der Waals surface area contributed by atoms with E-state index in [9.17, 15) is 18.5 Å². The summed E-state index contributed by atoms with van der Waals surface area (Å²) in [5, 5.41) is 13.0. The largest absolute Gasteiger partial charge is 0.378 e. The van der Waals surface area contributed by atoms with Crippen LogP contribution in [0.3, 0.4) is 0 Å². The van der Waals surface area contributed by atoms with Crippen molar-refractivity contribution in [1.82, 2.24) is 19.8 Å². The van der Waals surface area contributed by atoms with Crippen molar-refractivity contribution >= 4 is 21.9 Å². The van der Waals surface area contributed by atoms with Gasteiger partial charge in [0.1, 0.15) is 11.6 Å². The van der Waals surface area contributed by atoms with Crippen LogP contribution in [0.25, 0.3) is 0 Å². The molecule has 11 heteroatoms. The topological polar surface area (TPSA) is 127 Å². The zero-order chi connectivity index (χ0) is 26.4. The Bertz CT molecular complexity index is 1070. The number of hydrogen-bond acceptors (Lipinski definition) is 7. The Morgan fingerprint density at radius 1 is 1.22 bits per heavy atom. The Labute approximate surface area is 214 Å². The van der Waals surface area contributed by atoms with Crippen LogP contribution in [0, 0.1) is 16.7 Å². The minimum Gasteiger partial charge on any atom is -0.378 e. The molecule has 0 spiro atoms. The van der Waals surface area contributed by atoms with Gasteiger partial charge >= 0.3 is 0 Å². The molecular weight excluding hydrogens is 480 g/mol. The SMILES string of the molecule is CC(C)(C)CC(N=C(NS(C)(=O)=O)N1CCOCC1)C(=O)NC1(C#N)CCN(Cc2ccccc2)C1. The predicted molar refractivity (Wildman–Crippen MR) is 138 cm³/mol. The zero-order valence-corrected chi connectivity index (χ0v) is 22.5. The second-order valence-electron chi connectivity index (χ2n) is 10.8. The first-order chi connectivity index (χ1) is 16.9. The van der Waals surface area contributed by atoms with Crippen molar-refractivity contribution in [2.75, 3.05) is 45.6 Å². The number of aliphatic imine (C=N–C) groups is 1. The van der Waals surface area contributed by atoms with Crippen molar-refractivity contribution in [3.8, 4) is 6.07 Å². The fourth-order valence-corrected chi connectivity index (χ4v) is 4.96. The van der Waals surface area contributed by atoms with Crippen molar-refractivity contribution in [2.45, 2.75) is 51.7 Å². The number of sulfonamides is 1. The molecule has 198 valence electrons. The zero-order valence-electron chi connectivity index (χ0n) is 21.7. The second kappa shape index (κ2) is 11.6. The number of carbonyl (C=O) groups excluding carboxylic acids is 1. The van der Waals surface area contributed by atoms with Crippen LogP contribution < -0.4 is 10.0 Å². The highest BCUT2D eigenvalue weighted by Gasteiger charge is 2.41. The van der Waals surface area contributed by atoms with E-state index in [0.29, 0.717) is 58.8 Å². The number of amides is 1. The summed E-state index contributed by atoms with van der Waals surface area (Å²) >= 11 is 0. The van der Waals surface area contributed by atoms with Gasteiger partial charge < -0.3 is 15.0 Å². The molecule has 2 aliphatic rings. The molecule has 1 aromatic carbocycles. The van der Waals surface area contributed by atoms with E-state index in [1.807, 2.05) is 51.1 Å². The number of likely N-dealkylation sites (tertiary alicyclic amines) is 1. The number of nitrogens with zero attached hydrogens (tertiary/aromatic N) is 4. The third-order valence-electron chi connectivity index (χ3n) is 6.15. The standard InChI is InChI=1S/C25H38N6O4S/c1-24(2,3)16-21(27-23(29-36(4,33)34)31-12-14-35-15-13-31)22(32)28-25(18-26)10-11-30(19-25)17-20-8-6-5-7-9-20/h5-9,21H,10-17,19H2,1-4H3,(H,27,29)(H,28,32). The molecule has 0 saturated carbocycles. The van der Waals surface area contributed by atoms with Crippen LogP contribution in [0.2, 0.25) is 0 Å². The van der Waals surface area contributed by atoms with Crippen LogP contribution in [0.4, 0.5) is 0 Å². The predicted octanol–water partition coefficient (Wildman–Crippen LogP) is 1.31. The van der Waals surface area contributed by atoms with Gasteiger partial charge in [0.05, 0.1) is 25.5 Å². The minimum absolute atomic E-state index is 0.133. The second-order valence-corrected chi connectivity index (χ2v) is 12.6. The summed E-state index contributed by atoms with van der Waals surface area (Å²) in [5.41, 5.74) is -0.141. The van der Waals surface area contributed by atoms with E-state index in [-0.39, 0.29) is 17.3 Å². The fraction of sp³-hybridized carbons (Fsp3) is 0.640. The van der Waals surface area contributed by atoms with E-state index in [1.54, 1.807) is 4.90 Å². The number of guanidine groups is 1. The molecule has 2 saturated heterocycles. The van der Waals surface area contributed by atoms with Gasteiger partial charge in [0.2, 0.25) is 21.9 Å². The first kappa shape index (κ1) is 27.9. The maximum atomic E-state index is 13.6. The molecule has 2 unspecified atom stereocenters. The lowest BCUT2D eigenvalue weighted by molar-refractivity contribution is -0.124. The smallest absolute Gasteiger partial charge is 0.246 e. The summed E-state index contributed by atoms with van der Waals surface area (Å²) < 4.78 is 32.0. The molecule has 2 heterocycles. The molecule has 3 rings (SSSR count). The van der Waals surface area contributed by atoms with Crippen LogP contribution in [0.15, 0.2) is 35.3 Å². The van der Waals surface area contributed by atoms with E-state index in [2.05, 4.69) is 26.0 Å². The molecule has 0 aromatic heterocycles. The third-order valence-corrected chi connectivity index (χ3v) is 6.70. The number of ether oxygens (including phenoxy) is 1. The van der Waals surface area contributed by atoms with Crippen LogP contribution >= 0.6 is 0 Å². The van der Waals surface area contributed by atoms with Gasteiger partial charge in [-0.15, -0.1) is 0 Å². The molecule has 36 heavy (non-hydrogen) atoms. The molecule has 1 amide bonds. The number of nitriles is 1. The molecule has 0 radical (unpaired) electrons. The summed E-state index contributed by atoms with van der Waals surface area (Å²) in [6.07, 6.45) is 1.95. The molecule has 0 bridgehead atoms. The molecule has 2 fully saturated rings. The Morgan fingerprint density at radius 2 is 1.89 bits per heavy atom. The average molecular weight is 519 g/mol. The fourth-order valence-electron chi connectivity index (χ4n) is 4.44. The molecule has 2 N–H and O–H groups in total. The number of rotatable bonds is 7. The highest BCUT2D eigenvalue weighted by molar-refractivity contribution is 7.89. The molecule has 0 aliphatic carbocycles. The summed E-state index contributed by atoms with van der Waals surface area (Å²) in [6.45, 7) is 9.59. The lowest BCUT2D eigenvalue weighted by atomic mass is 9.87. The quantitative estimate of drug-likeness (QED) is 0.412. The van der Waals surface area contributed by atoms with Crippen molar-refractivity contribution in [2.24, 2.45) is 10.4 Å². The van der Waals surface area contributed by atoms with Gasteiger partial charge in [-0.1, -0.05) is 51.1 Å². The molecular formula is C25H38N6O4S. The lowest BCUT2D eigenvalue weighted by Gasteiger charge is -2.32. The number of nitrogens with one attached hydrogen (secondary N) is 2. The summed E-state index contributed by atoms with van der Waals surface area (Å²) in [6, 6.07) is 11.5.